The molecular formula is C58H34N2O. The summed E-state index contributed by atoms with van der Waals surface area (Å²) in [7, 11) is 0. The van der Waals surface area contributed by atoms with E-state index in [0.717, 1.165) is 50.1 Å². The van der Waals surface area contributed by atoms with Crippen molar-refractivity contribution in [2.75, 3.05) is 4.90 Å². The predicted molar refractivity (Wildman–Crippen MR) is 250 cm³/mol. The first-order valence-corrected chi connectivity index (χ1v) is 21.0. The van der Waals surface area contributed by atoms with Gasteiger partial charge in [0.1, 0.15) is 11.2 Å². The first-order valence-electron chi connectivity index (χ1n) is 21.0. The van der Waals surface area contributed by atoms with Gasteiger partial charge < -0.3 is 9.32 Å². The first-order chi connectivity index (χ1) is 30.3. The normalized spacial score (nSPS) is 13.4. The second-order valence-corrected chi connectivity index (χ2v) is 16.6. The number of furan rings is 1. The van der Waals surface area contributed by atoms with Crippen LogP contribution < -0.4 is 4.90 Å². The summed E-state index contributed by atoms with van der Waals surface area (Å²) in [6.07, 6.45) is 3.93. The number of fused-ring (bicyclic) bond motifs is 16. The van der Waals surface area contributed by atoms with Crippen LogP contribution in [-0.2, 0) is 5.41 Å². The van der Waals surface area contributed by atoms with Crippen molar-refractivity contribution < 1.29 is 4.42 Å². The number of para-hydroxylation sites is 1. The summed E-state index contributed by atoms with van der Waals surface area (Å²) in [4.78, 5) is 7.10. The van der Waals surface area contributed by atoms with Gasteiger partial charge in [-0.15, -0.1) is 0 Å². The summed E-state index contributed by atoms with van der Waals surface area (Å²) in [6, 6.07) is 71.8. The van der Waals surface area contributed by atoms with Crippen LogP contribution in [0.15, 0.2) is 211 Å². The molecule has 0 N–H and O–H groups in total. The molecule has 11 aromatic rings. The minimum absolute atomic E-state index is 0.520. The van der Waals surface area contributed by atoms with Crippen LogP contribution in [0.1, 0.15) is 22.3 Å². The Kier molecular flexibility index (Phi) is 6.49. The Morgan fingerprint density at radius 1 is 0.393 bits per heavy atom. The van der Waals surface area contributed by atoms with Gasteiger partial charge in [0.05, 0.1) is 16.8 Å². The van der Waals surface area contributed by atoms with E-state index in [1.807, 2.05) is 24.5 Å². The first kappa shape index (κ1) is 32.9. The molecule has 1 spiro atoms. The molecule has 0 unspecified atom stereocenters. The monoisotopic (exact) mass is 774 g/mol. The van der Waals surface area contributed by atoms with Crippen molar-refractivity contribution in [2.24, 2.45) is 0 Å². The Balaban J connectivity index is 1.04. The number of anilines is 3. The van der Waals surface area contributed by atoms with Crippen molar-refractivity contribution in [2.45, 2.75) is 5.41 Å². The standard InChI is InChI=1S/C58H34N2O/c1-5-18-49-39(11-1)40-12-2-6-19-50(40)58(49)51-20-7-3-13-41(51)45-16-10-21-53(57(45)58)60(52-29-28-44-48-34-59-32-31-38(48)43-15-9-17-46(52)56(43)44)37-26-23-35(24-27-37)36-25-30-55-47(33-36)42-14-4-8-22-54(42)61-55/h1-34H. The molecule has 0 amide bonds. The zero-order valence-electron chi connectivity index (χ0n) is 32.9. The lowest BCUT2D eigenvalue weighted by atomic mass is 9.70. The molecule has 0 bridgehead atoms. The molecule has 0 saturated carbocycles. The predicted octanol–water partition coefficient (Wildman–Crippen LogP) is 15.3. The molecule has 14 rings (SSSR count). The Morgan fingerprint density at radius 2 is 1.00 bits per heavy atom. The fourth-order valence-electron chi connectivity index (χ4n) is 11.3. The maximum Gasteiger partial charge on any atom is 0.135 e. The summed E-state index contributed by atoms with van der Waals surface area (Å²) in [5, 5.41) is 4.74. The molecule has 0 radical (unpaired) electrons. The smallest absolute Gasteiger partial charge is 0.135 e. The van der Waals surface area contributed by atoms with Crippen LogP contribution in [0.4, 0.5) is 17.1 Å². The third-order valence-corrected chi connectivity index (χ3v) is 13.7. The summed E-state index contributed by atoms with van der Waals surface area (Å²) >= 11 is 0. The number of benzene rings is 9. The lowest BCUT2D eigenvalue weighted by molar-refractivity contribution is 0.669. The lowest BCUT2D eigenvalue weighted by Crippen LogP contribution is -2.28. The van der Waals surface area contributed by atoms with Crippen LogP contribution in [0.5, 0.6) is 0 Å². The van der Waals surface area contributed by atoms with Crippen molar-refractivity contribution in [3.8, 4) is 55.6 Å². The van der Waals surface area contributed by atoms with E-state index in [-0.39, 0.29) is 0 Å². The summed E-state index contributed by atoms with van der Waals surface area (Å²) in [5.74, 6) is 0. The highest BCUT2D eigenvalue weighted by atomic mass is 16.3. The van der Waals surface area contributed by atoms with Crippen LogP contribution >= 0.6 is 0 Å². The molecule has 0 atom stereocenters. The topological polar surface area (TPSA) is 29.3 Å². The highest BCUT2D eigenvalue weighted by Gasteiger charge is 2.53. The Morgan fingerprint density at radius 3 is 1.79 bits per heavy atom. The molecule has 0 aliphatic heterocycles. The molecule has 3 heteroatoms. The van der Waals surface area contributed by atoms with Gasteiger partial charge in [-0.1, -0.05) is 146 Å². The van der Waals surface area contributed by atoms with Gasteiger partial charge in [0, 0.05) is 45.4 Å². The SMILES string of the molecule is c1ccc2c(c1)-c1ccccc1C21c2ccccc2-c2cccc(N(c3ccc(-c4ccc5oc6ccccc6c5c4)cc3)c3ccc4c5c(cccc35)-c3ccncc3-4)c21. The van der Waals surface area contributed by atoms with Crippen molar-refractivity contribution in [3.63, 3.8) is 0 Å². The fraction of sp³-hybridized carbons (Fsp3) is 0.0172. The van der Waals surface area contributed by atoms with E-state index in [2.05, 4.69) is 192 Å². The van der Waals surface area contributed by atoms with E-state index in [0.29, 0.717) is 0 Å². The Hall–Kier alpha value is -8.01. The lowest BCUT2D eigenvalue weighted by Gasteiger charge is -2.36. The van der Waals surface area contributed by atoms with Gasteiger partial charge in [0.15, 0.2) is 0 Å². The second kappa shape index (κ2) is 12.0. The molecule has 2 heterocycles. The van der Waals surface area contributed by atoms with Crippen LogP contribution in [-0.4, -0.2) is 4.98 Å². The van der Waals surface area contributed by atoms with Crippen LogP contribution in [0.3, 0.4) is 0 Å². The molecule has 2 aromatic heterocycles. The van der Waals surface area contributed by atoms with E-state index in [9.17, 15) is 0 Å². The molecule has 3 aliphatic rings. The highest BCUT2D eigenvalue weighted by Crippen LogP contribution is 2.65. The van der Waals surface area contributed by atoms with Crippen molar-refractivity contribution in [3.05, 3.63) is 229 Å². The van der Waals surface area contributed by atoms with Gasteiger partial charge >= 0.3 is 0 Å². The summed E-state index contributed by atoms with van der Waals surface area (Å²) in [6.45, 7) is 0. The van der Waals surface area contributed by atoms with Crippen LogP contribution in [0.2, 0.25) is 0 Å². The maximum absolute atomic E-state index is 6.20. The average molecular weight is 775 g/mol. The van der Waals surface area contributed by atoms with E-state index in [1.165, 1.54) is 77.5 Å². The van der Waals surface area contributed by atoms with Gasteiger partial charge in [0.25, 0.3) is 0 Å². The fourth-order valence-corrected chi connectivity index (χ4v) is 11.3. The second-order valence-electron chi connectivity index (χ2n) is 16.6. The molecule has 3 aliphatic carbocycles. The van der Waals surface area contributed by atoms with Gasteiger partial charge in [-0.05, 0) is 121 Å². The molecule has 282 valence electrons. The minimum atomic E-state index is -0.520. The largest absolute Gasteiger partial charge is 0.456 e. The highest BCUT2D eigenvalue weighted by molar-refractivity contribution is 6.19. The molecule has 0 saturated heterocycles. The molecule has 9 aromatic carbocycles. The molecule has 61 heavy (non-hydrogen) atoms. The van der Waals surface area contributed by atoms with E-state index >= 15 is 0 Å². The van der Waals surface area contributed by atoms with Gasteiger partial charge in [-0.3, -0.25) is 4.98 Å². The zero-order chi connectivity index (χ0) is 39.8. The Bertz CT molecular complexity index is 3580. The van der Waals surface area contributed by atoms with E-state index in [1.54, 1.807) is 0 Å². The van der Waals surface area contributed by atoms with Gasteiger partial charge in [0.2, 0.25) is 0 Å². The Labute approximate surface area is 352 Å². The third kappa shape index (κ3) is 4.24. The zero-order valence-corrected chi connectivity index (χ0v) is 32.9. The number of hydrogen-bond donors (Lipinski definition) is 0. The van der Waals surface area contributed by atoms with Gasteiger partial charge in [-0.2, -0.15) is 0 Å². The van der Waals surface area contributed by atoms with E-state index in [4.69, 9.17) is 4.42 Å². The minimum Gasteiger partial charge on any atom is -0.456 e. The number of nitrogens with zero attached hydrogens (tertiary/aromatic N) is 2. The quantitative estimate of drug-likeness (QED) is 0.178. The van der Waals surface area contributed by atoms with Crippen molar-refractivity contribution in [1.29, 1.82) is 0 Å². The maximum atomic E-state index is 6.20. The van der Waals surface area contributed by atoms with Crippen LogP contribution in [0.25, 0.3) is 88.3 Å². The molecule has 3 nitrogen and oxygen atoms in total. The van der Waals surface area contributed by atoms with Crippen molar-refractivity contribution in [1.82, 2.24) is 4.98 Å². The summed E-state index contributed by atoms with van der Waals surface area (Å²) < 4.78 is 6.20. The van der Waals surface area contributed by atoms with Crippen LogP contribution in [0, 0.1) is 0 Å². The van der Waals surface area contributed by atoms with Gasteiger partial charge in [-0.25, -0.2) is 0 Å². The molecule has 0 fully saturated rings. The number of hydrogen-bond acceptors (Lipinski definition) is 3. The molecular weight excluding hydrogens is 741 g/mol. The van der Waals surface area contributed by atoms with Crippen molar-refractivity contribution >= 4 is 49.8 Å². The number of rotatable bonds is 4. The summed E-state index contributed by atoms with van der Waals surface area (Å²) in [5.41, 5.74) is 22.4. The average Bonchev–Trinajstić information content (AvgIpc) is 4.05. The number of aromatic nitrogens is 1. The number of pyridine rings is 1. The third-order valence-electron chi connectivity index (χ3n) is 13.7. The van der Waals surface area contributed by atoms with E-state index < -0.39 is 5.41 Å².